The molecule has 1 atom stereocenters. The molecule has 106 valence electrons. The molecule has 1 aromatic rings. The number of nitrogens with zero attached hydrogens (tertiary/aromatic N) is 1. The zero-order chi connectivity index (χ0) is 13.7. The molecule has 0 aliphatic carbocycles. The van der Waals surface area contributed by atoms with Crippen molar-refractivity contribution in [3.05, 3.63) is 35.9 Å². The predicted molar refractivity (Wildman–Crippen MR) is 74.3 cm³/mol. The molecule has 0 bridgehead atoms. The number of hydrogen-bond acceptors (Lipinski definition) is 4. The van der Waals surface area contributed by atoms with Gasteiger partial charge in [0.2, 0.25) is 10.0 Å². The highest BCUT2D eigenvalue weighted by Gasteiger charge is 2.29. The fourth-order valence-corrected chi connectivity index (χ4v) is 3.31. The second kappa shape index (κ2) is 6.47. The van der Waals surface area contributed by atoms with Crippen LogP contribution < -0.4 is 5.32 Å². The number of benzene rings is 1. The maximum Gasteiger partial charge on any atom is 0.211 e. The third kappa shape index (κ3) is 4.28. The highest BCUT2D eigenvalue weighted by molar-refractivity contribution is 7.88. The molecule has 1 saturated heterocycles. The molecule has 5 nitrogen and oxygen atoms in total. The lowest BCUT2D eigenvalue weighted by Gasteiger charge is -2.33. The van der Waals surface area contributed by atoms with Crippen molar-refractivity contribution in [2.24, 2.45) is 0 Å². The predicted octanol–water partition coefficient (Wildman–Crippen LogP) is 0.437. The van der Waals surface area contributed by atoms with Gasteiger partial charge in [0, 0.05) is 19.6 Å². The van der Waals surface area contributed by atoms with Gasteiger partial charge in [0.05, 0.1) is 25.5 Å². The highest BCUT2D eigenvalue weighted by Crippen LogP contribution is 2.10. The molecule has 0 saturated carbocycles. The molecule has 0 unspecified atom stereocenters. The molecule has 2 rings (SSSR count). The summed E-state index contributed by atoms with van der Waals surface area (Å²) >= 11 is 0. The summed E-state index contributed by atoms with van der Waals surface area (Å²) < 4.78 is 30.5. The van der Waals surface area contributed by atoms with Gasteiger partial charge in [-0.05, 0) is 5.56 Å². The quantitative estimate of drug-likeness (QED) is 0.852. The molecule has 1 N–H and O–H groups in total. The van der Waals surface area contributed by atoms with E-state index in [9.17, 15) is 8.42 Å². The van der Waals surface area contributed by atoms with Gasteiger partial charge >= 0.3 is 0 Å². The SMILES string of the molecule is CS(=O)(=O)N1CCNC[C@H]1COCc1ccccc1. The highest BCUT2D eigenvalue weighted by atomic mass is 32.2. The normalized spacial score (nSPS) is 21.4. The first-order valence-electron chi connectivity index (χ1n) is 6.36. The fraction of sp³-hybridized carbons (Fsp3) is 0.538. The number of nitrogens with one attached hydrogen (secondary N) is 1. The Morgan fingerprint density at radius 3 is 2.79 bits per heavy atom. The van der Waals surface area contributed by atoms with Crippen LogP contribution in [0.2, 0.25) is 0 Å². The van der Waals surface area contributed by atoms with Gasteiger partial charge in [-0.25, -0.2) is 8.42 Å². The monoisotopic (exact) mass is 284 g/mol. The standard InChI is InChI=1S/C13H20N2O3S/c1-19(16,17)15-8-7-14-9-13(15)11-18-10-12-5-3-2-4-6-12/h2-6,13-14H,7-11H2,1H3/t13-/m0/s1. The zero-order valence-electron chi connectivity index (χ0n) is 11.1. The van der Waals surface area contributed by atoms with Crippen LogP contribution in [0, 0.1) is 0 Å². The van der Waals surface area contributed by atoms with Crippen LogP contribution in [-0.4, -0.2) is 51.3 Å². The first kappa shape index (κ1) is 14.5. The Balaban J connectivity index is 1.87. The first-order valence-corrected chi connectivity index (χ1v) is 8.21. The van der Waals surface area contributed by atoms with Crippen molar-refractivity contribution < 1.29 is 13.2 Å². The van der Waals surface area contributed by atoms with Crippen molar-refractivity contribution in [2.45, 2.75) is 12.6 Å². The first-order chi connectivity index (χ1) is 9.07. The van der Waals surface area contributed by atoms with Gasteiger partial charge in [0.25, 0.3) is 0 Å². The van der Waals surface area contributed by atoms with Crippen LogP contribution in [-0.2, 0) is 21.4 Å². The molecule has 0 aromatic heterocycles. The summed E-state index contributed by atoms with van der Waals surface area (Å²) in [6.07, 6.45) is 1.25. The topological polar surface area (TPSA) is 58.6 Å². The number of hydrogen-bond donors (Lipinski definition) is 1. The Bertz CT molecular complexity index is 490. The Morgan fingerprint density at radius 2 is 2.11 bits per heavy atom. The van der Waals surface area contributed by atoms with Crippen LogP contribution in [0.4, 0.5) is 0 Å². The van der Waals surface area contributed by atoms with Gasteiger partial charge in [0.1, 0.15) is 0 Å². The molecular formula is C13H20N2O3S. The van der Waals surface area contributed by atoms with Crippen molar-refractivity contribution in [1.82, 2.24) is 9.62 Å². The zero-order valence-corrected chi connectivity index (χ0v) is 11.9. The average Bonchev–Trinajstić information content (AvgIpc) is 2.39. The van der Waals surface area contributed by atoms with E-state index in [-0.39, 0.29) is 6.04 Å². The number of piperazine rings is 1. The van der Waals surface area contributed by atoms with Gasteiger partial charge in [-0.15, -0.1) is 0 Å². The minimum atomic E-state index is -3.16. The van der Waals surface area contributed by atoms with E-state index in [1.54, 1.807) is 0 Å². The van der Waals surface area contributed by atoms with Crippen molar-refractivity contribution in [2.75, 3.05) is 32.5 Å². The summed E-state index contributed by atoms with van der Waals surface area (Å²) in [6, 6.07) is 9.75. The van der Waals surface area contributed by atoms with Crippen molar-refractivity contribution in [3.63, 3.8) is 0 Å². The Labute approximate surface area is 114 Å². The van der Waals surface area contributed by atoms with Crippen molar-refractivity contribution in [3.8, 4) is 0 Å². The number of rotatable bonds is 5. The van der Waals surface area contributed by atoms with E-state index >= 15 is 0 Å². The summed E-state index contributed by atoms with van der Waals surface area (Å²) in [5.74, 6) is 0. The summed E-state index contributed by atoms with van der Waals surface area (Å²) in [4.78, 5) is 0. The van der Waals surface area contributed by atoms with Crippen LogP contribution in [0.1, 0.15) is 5.56 Å². The maximum atomic E-state index is 11.7. The lowest BCUT2D eigenvalue weighted by Crippen LogP contribution is -2.55. The smallest absolute Gasteiger partial charge is 0.211 e. The minimum Gasteiger partial charge on any atom is -0.375 e. The van der Waals surface area contributed by atoms with E-state index < -0.39 is 10.0 Å². The molecule has 1 fully saturated rings. The molecule has 19 heavy (non-hydrogen) atoms. The lowest BCUT2D eigenvalue weighted by molar-refractivity contribution is 0.0698. The summed E-state index contributed by atoms with van der Waals surface area (Å²) in [7, 11) is -3.16. The summed E-state index contributed by atoms with van der Waals surface area (Å²) in [5, 5.41) is 3.20. The van der Waals surface area contributed by atoms with Crippen LogP contribution >= 0.6 is 0 Å². The van der Waals surface area contributed by atoms with Crippen LogP contribution in [0.3, 0.4) is 0 Å². The van der Waals surface area contributed by atoms with E-state index in [1.807, 2.05) is 30.3 Å². The second-order valence-corrected chi connectivity index (χ2v) is 6.67. The molecule has 1 aliphatic heterocycles. The van der Waals surface area contributed by atoms with Crippen LogP contribution in [0.25, 0.3) is 0 Å². The van der Waals surface area contributed by atoms with Gasteiger partial charge in [-0.2, -0.15) is 4.31 Å². The Morgan fingerprint density at radius 1 is 1.37 bits per heavy atom. The molecular weight excluding hydrogens is 264 g/mol. The van der Waals surface area contributed by atoms with E-state index in [4.69, 9.17) is 4.74 Å². The van der Waals surface area contributed by atoms with Gasteiger partial charge in [0.15, 0.2) is 0 Å². The largest absolute Gasteiger partial charge is 0.375 e. The molecule has 0 amide bonds. The van der Waals surface area contributed by atoms with Crippen molar-refractivity contribution in [1.29, 1.82) is 0 Å². The minimum absolute atomic E-state index is 0.118. The van der Waals surface area contributed by atoms with Gasteiger partial charge in [-0.1, -0.05) is 30.3 Å². The van der Waals surface area contributed by atoms with Crippen molar-refractivity contribution >= 4 is 10.0 Å². The maximum absolute atomic E-state index is 11.7. The molecule has 0 radical (unpaired) electrons. The van der Waals surface area contributed by atoms with Crippen LogP contribution in [0.15, 0.2) is 30.3 Å². The van der Waals surface area contributed by atoms with E-state index in [0.29, 0.717) is 32.8 Å². The van der Waals surface area contributed by atoms with E-state index in [1.165, 1.54) is 10.6 Å². The number of sulfonamides is 1. The molecule has 1 heterocycles. The lowest BCUT2D eigenvalue weighted by atomic mass is 10.2. The molecule has 0 spiro atoms. The van der Waals surface area contributed by atoms with Gasteiger partial charge in [-0.3, -0.25) is 0 Å². The van der Waals surface area contributed by atoms with E-state index in [2.05, 4.69) is 5.32 Å². The fourth-order valence-electron chi connectivity index (χ4n) is 2.21. The number of ether oxygens (including phenoxy) is 1. The third-order valence-corrected chi connectivity index (χ3v) is 4.48. The molecule has 1 aromatic carbocycles. The van der Waals surface area contributed by atoms with E-state index in [0.717, 1.165) is 5.56 Å². The van der Waals surface area contributed by atoms with Crippen LogP contribution in [0.5, 0.6) is 0 Å². The summed E-state index contributed by atoms with van der Waals surface area (Å²) in [6.45, 7) is 2.77. The Kier molecular flexibility index (Phi) is 4.93. The third-order valence-electron chi connectivity index (χ3n) is 3.14. The summed E-state index contributed by atoms with van der Waals surface area (Å²) in [5.41, 5.74) is 1.09. The van der Waals surface area contributed by atoms with Gasteiger partial charge < -0.3 is 10.1 Å². The second-order valence-electron chi connectivity index (χ2n) is 4.73. The molecule has 1 aliphatic rings. The Hall–Kier alpha value is -0.950. The molecule has 6 heteroatoms. The average molecular weight is 284 g/mol.